The third-order valence-electron chi connectivity index (χ3n) is 5.47. The van der Waals surface area contributed by atoms with Crippen molar-refractivity contribution in [2.75, 3.05) is 18.4 Å². The Kier molecular flexibility index (Phi) is 5.71. The number of hydrogen-bond acceptors (Lipinski definition) is 3. The molecule has 0 aliphatic carbocycles. The molecule has 0 bridgehead atoms. The van der Waals surface area contributed by atoms with E-state index in [0.717, 1.165) is 55.1 Å². The molecule has 0 saturated carbocycles. The number of amides is 1. The molecular formula is C23H25FN4O. The number of rotatable bonds is 5. The molecule has 1 atom stereocenters. The zero-order valence-corrected chi connectivity index (χ0v) is 16.5. The maximum absolute atomic E-state index is 13.2. The predicted octanol–water partition coefficient (Wildman–Crippen LogP) is 4.08. The summed E-state index contributed by atoms with van der Waals surface area (Å²) in [5.41, 5.74) is 2.63. The number of piperidine rings is 1. The van der Waals surface area contributed by atoms with Gasteiger partial charge >= 0.3 is 0 Å². The van der Waals surface area contributed by atoms with Crippen LogP contribution in [0, 0.1) is 11.7 Å². The third-order valence-corrected chi connectivity index (χ3v) is 5.47. The molecule has 4 rings (SSSR count). The lowest BCUT2D eigenvalue weighted by atomic mass is 9.97. The molecule has 1 unspecified atom stereocenters. The topological polar surface area (TPSA) is 50.2 Å². The minimum absolute atomic E-state index is 0.0431. The zero-order chi connectivity index (χ0) is 20.2. The number of anilines is 1. The number of likely N-dealkylation sites (tertiary alicyclic amines) is 1. The highest BCUT2D eigenvalue weighted by atomic mass is 19.1. The monoisotopic (exact) mass is 392 g/mol. The summed E-state index contributed by atoms with van der Waals surface area (Å²) in [6.45, 7) is 2.47. The van der Waals surface area contributed by atoms with E-state index < -0.39 is 0 Å². The summed E-state index contributed by atoms with van der Waals surface area (Å²) in [5.74, 6) is 0.757. The van der Waals surface area contributed by atoms with Crippen molar-refractivity contribution in [1.82, 2.24) is 14.5 Å². The smallest absolute Gasteiger partial charge is 0.228 e. The van der Waals surface area contributed by atoms with Crippen molar-refractivity contribution >= 4 is 11.6 Å². The van der Waals surface area contributed by atoms with Gasteiger partial charge in [-0.2, -0.15) is 0 Å². The predicted molar refractivity (Wildman–Crippen MR) is 112 cm³/mol. The summed E-state index contributed by atoms with van der Waals surface area (Å²) in [6, 6.07) is 14.1. The largest absolute Gasteiger partial charge is 0.337 e. The summed E-state index contributed by atoms with van der Waals surface area (Å²) in [5, 5.41) is 3.06. The Morgan fingerprint density at radius 1 is 1.21 bits per heavy atom. The van der Waals surface area contributed by atoms with Crippen molar-refractivity contribution in [3.8, 4) is 11.1 Å². The molecule has 0 spiro atoms. The van der Waals surface area contributed by atoms with Gasteiger partial charge in [0.1, 0.15) is 11.6 Å². The Labute approximate surface area is 170 Å². The summed E-state index contributed by atoms with van der Waals surface area (Å²) in [7, 11) is 1.99. The van der Waals surface area contributed by atoms with Gasteiger partial charge in [0.2, 0.25) is 5.91 Å². The third kappa shape index (κ3) is 4.71. The quantitative estimate of drug-likeness (QED) is 0.712. The molecule has 6 heteroatoms. The minimum atomic E-state index is -0.259. The number of hydrogen-bond donors (Lipinski definition) is 1. The number of nitrogens with zero attached hydrogens (tertiary/aromatic N) is 3. The lowest BCUT2D eigenvalue weighted by molar-refractivity contribution is -0.121. The standard InChI is InChI=1S/C23H25FN4O/c1-27-13-11-25-22(27)16-28-12-3-5-19(15-28)23(29)26-21-6-2-4-18(14-21)17-7-9-20(24)10-8-17/h2,4,6-11,13-14,19H,3,5,12,15-16H2,1H3,(H,26,29). The number of carbonyl (C=O) groups excluding carboxylic acids is 1. The molecule has 1 aromatic heterocycles. The fourth-order valence-electron chi connectivity index (χ4n) is 3.83. The van der Waals surface area contributed by atoms with Crippen LogP contribution in [-0.2, 0) is 18.4 Å². The molecule has 2 aromatic carbocycles. The van der Waals surface area contributed by atoms with E-state index in [-0.39, 0.29) is 17.6 Å². The minimum Gasteiger partial charge on any atom is -0.337 e. The van der Waals surface area contributed by atoms with Gasteiger partial charge < -0.3 is 9.88 Å². The van der Waals surface area contributed by atoms with Crippen LogP contribution in [0.5, 0.6) is 0 Å². The van der Waals surface area contributed by atoms with E-state index in [2.05, 4.69) is 15.2 Å². The normalized spacial score (nSPS) is 17.2. The fraction of sp³-hybridized carbons (Fsp3) is 0.304. The van der Waals surface area contributed by atoms with E-state index in [1.54, 1.807) is 18.3 Å². The second kappa shape index (κ2) is 8.57. The van der Waals surface area contributed by atoms with Gasteiger partial charge in [-0.15, -0.1) is 0 Å². The molecular weight excluding hydrogens is 367 g/mol. The lowest BCUT2D eigenvalue weighted by Crippen LogP contribution is -2.40. The van der Waals surface area contributed by atoms with E-state index in [0.29, 0.717) is 0 Å². The van der Waals surface area contributed by atoms with Crippen LogP contribution in [-0.4, -0.2) is 33.4 Å². The average Bonchev–Trinajstić information content (AvgIpc) is 3.13. The SMILES string of the molecule is Cn1ccnc1CN1CCCC(C(=O)Nc2cccc(-c3ccc(F)cc3)c2)C1. The van der Waals surface area contributed by atoms with Crippen molar-refractivity contribution in [3.05, 3.63) is 72.6 Å². The first-order chi connectivity index (χ1) is 14.1. The number of imidazole rings is 1. The van der Waals surface area contributed by atoms with Crippen LogP contribution in [0.1, 0.15) is 18.7 Å². The van der Waals surface area contributed by atoms with Crippen LogP contribution in [0.15, 0.2) is 60.9 Å². The van der Waals surface area contributed by atoms with E-state index in [4.69, 9.17) is 0 Å². The van der Waals surface area contributed by atoms with E-state index in [9.17, 15) is 9.18 Å². The van der Waals surface area contributed by atoms with Gasteiger partial charge in [-0.1, -0.05) is 24.3 Å². The summed E-state index contributed by atoms with van der Waals surface area (Å²) < 4.78 is 15.2. The van der Waals surface area contributed by atoms with Crippen LogP contribution in [0.2, 0.25) is 0 Å². The first kappa shape index (κ1) is 19.3. The van der Waals surface area contributed by atoms with Gasteiger partial charge in [0.25, 0.3) is 0 Å². The Balaban J connectivity index is 1.40. The van der Waals surface area contributed by atoms with Gasteiger partial charge in [0, 0.05) is 31.7 Å². The van der Waals surface area contributed by atoms with E-state index in [1.807, 2.05) is 42.1 Å². The molecule has 1 amide bonds. The number of nitrogens with one attached hydrogen (secondary N) is 1. The van der Waals surface area contributed by atoms with Crippen LogP contribution in [0.3, 0.4) is 0 Å². The molecule has 1 saturated heterocycles. The van der Waals surface area contributed by atoms with Crippen LogP contribution < -0.4 is 5.32 Å². The Morgan fingerprint density at radius 2 is 2.03 bits per heavy atom. The lowest BCUT2D eigenvalue weighted by Gasteiger charge is -2.31. The van der Waals surface area contributed by atoms with Crippen molar-refractivity contribution in [2.45, 2.75) is 19.4 Å². The van der Waals surface area contributed by atoms with E-state index >= 15 is 0 Å². The molecule has 5 nitrogen and oxygen atoms in total. The van der Waals surface area contributed by atoms with Crippen LogP contribution in [0.25, 0.3) is 11.1 Å². The van der Waals surface area contributed by atoms with Crippen molar-refractivity contribution < 1.29 is 9.18 Å². The Hall–Kier alpha value is -2.99. The van der Waals surface area contributed by atoms with Crippen molar-refractivity contribution in [3.63, 3.8) is 0 Å². The van der Waals surface area contributed by atoms with Crippen LogP contribution in [0.4, 0.5) is 10.1 Å². The highest BCUT2D eigenvalue weighted by Crippen LogP contribution is 2.25. The molecule has 29 heavy (non-hydrogen) atoms. The highest BCUT2D eigenvalue weighted by Gasteiger charge is 2.26. The van der Waals surface area contributed by atoms with Crippen molar-refractivity contribution in [2.24, 2.45) is 13.0 Å². The average molecular weight is 392 g/mol. The number of carbonyl (C=O) groups is 1. The molecule has 1 aliphatic rings. The second-order valence-electron chi connectivity index (χ2n) is 7.61. The maximum atomic E-state index is 13.2. The molecule has 0 radical (unpaired) electrons. The van der Waals surface area contributed by atoms with E-state index in [1.165, 1.54) is 12.1 Å². The van der Waals surface area contributed by atoms with Gasteiger partial charge in [0.15, 0.2) is 0 Å². The number of benzene rings is 2. The molecule has 1 N–H and O–H groups in total. The van der Waals surface area contributed by atoms with Crippen LogP contribution >= 0.6 is 0 Å². The summed E-state index contributed by atoms with van der Waals surface area (Å²) in [4.78, 5) is 19.6. The molecule has 1 aliphatic heterocycles. The van der Waals surface area contributed by atoms with Gasteiger partial charge in [-0.25, -0.2) is 9.37 Å². The van der Waals surface area contributed by atoms with Crippen molar-refractivity contribution in [1.29, 1.82) is 0 Å². The summed E-state index contributed by atoms with van der Waals surface area (Å²) >= 11 is 0. The molecule has 150 valence electrons. The maximum Gasteiger partial charge on any atom is 0.228 e. The Bertz CT molecular complexity index is 983. The summed E-state index contributed by atoms with van der Waals surface area (Å²) in [6.07, 6.45) is 5.63. The number of halogens is 1. The molecule has 2 heterocycles. The van der Waals surface area contributed by atoms with Gasteiger partial charge in [-0.05, 0) is 54.8 Å². The first-order valence-electron chi connectivity index (χ1n) is 9.94. The first-order valence-corrected chi connectivity index (χ1v) is 9.94. The highest BCUT2D eigenvalue weighted by molar-refractivity contribution is 5.93. The zero-order valence-electron chi connectivity index (χ0n) is 16.5. The second-order valence-corrected chi connectivity index (χ2v) is 7.61. The number of aryl methyl sites for hydroxylation is 1. The molecule has 1 fully saturated rings. The Morgan fingerprint density at radius 3 is 2.79 bits per heavy atom. The molecule has 3 aromatic rings. The fourth-order valence-corrected chi connectivity index (χ4v) is 3.83. The number of aromatic nitrogens is 2. The van der Waals surface area contributed by atoms with Gasteiger partial charge in [0.05, 0.1) is 12.5 Å². The van der Waals surface area contributed by atoms with Gasteiger partial charge in [-0.3, -0.25) is 9.69 Å².